The lowest BCUT2D eigenvalue weighted by Gasteiger charge is -2.11. The number of alkyl halides is 1. The van der Waals surface area contributed by atoms with Crippen LogP contribution < -0.4 is 5.32 Å². The zero-order valence-corrected chi connectivity index (χ0v) is 10.5. The lowest BCUT2D eigenvalue weighted by Crippen LogP contribution is -2.21. The molecule has 6 heteroatoms. The van der Waals surface area contributed by atoms with E-state index in [2.05, 4.69) is 21.2 Å². The van der Waals surface area contributed by atoms with Gasteiger partial charge in [0.15, 0.2) is 0 Å². The quantitative estimate of drug-likeness (QED) is 0.840. The molecule has 2 N–H and O–H groups in total. The summed E-state index contributed by atoms with van der Waals surface area (Å²) in [7, 11) is 0. The number of hydrogen-bond donors (Lipinski definition) is 2. The maximum absolute atomic E-state index is 13.1. The van der Waals surface area contributed by atoms with E-state index in [1.807, 2.05) is 6.07 Å². The van der Waals surface area contributed by atoms with Gasteiger partial charge in [-0.05, 0) is 28.1 Å². The van der Waals surface area contributed by atoms with Crippen molar-refractivity contribution >= 4 is 33.2 Å². The number of rotatable bonds is 4. The number of benzene rings is 1. The number of nitriles is 1. The van der Waals surface area contributed by atoms with Crippen molar-refractivity contribution in [2.24, 2.45) is 0 Å². The lowest BCUT2D eigenvalue weighted by molar-refractivity contribution is 0.211. The van der Waals surface area contributed by atoms with Gasteiger partial charge >= 0.3 is 0 Å². The highest BCUT2D eigenvalue weighted by atomic mass is 79.9. The van der Waals surface area contributed by atoms with Crippen molar-refractivity contribution in [2.45, 2.75) is 6.10 Å². The van der Waals surface area contributed by atoms with Gasteiger partial charge in [-0.15, -0.1) is 11.6 Å². The molecule has 0 spiro atoms. The minimum atomic E-state index is -0.711. The molecule has 0 aromatic heterocycles. The molecular weight excluding hydrogens is 298 g/mol. The Labute approximate surface area is 106 Å². The number of halogens is 3. The minimum Gasteiger partial charge on any atom is -0.390 e. The number of anilines is 1. The van der Waals surface area contributed by atoms with Crippen LogP contribution in [-0.4, -0.2) is 23.6 Å². The third-order valence-corrected chi connectivity index (χ3v) is 2.85. The molecule has 1 aromatic rings. The van der Waals surface area contributed by atoms with E-state index in [0.29, 0.717) is 5.69 Å². The molecule has 0 aliphatic rings. The average Bonchev–Trinajstić information content (AvgIpc) is 2.29. The van der Waals surface area contributed by atoms with Crippen molar-refractivity contribution in [2.75, 3.05) is 17.7 Å². The van der Waals surface area contributed by atoms with Gasteiger partial charge in [0.1, 0.15) is 11.9 Å². The Morgan fingerprint density at radius 2 is 2.31 bits per heavy atom. The molecule has 1 unspecified atom stereocenters. The first kappa shape index (κ1) is 13.2. The number of aliphatic hydroxyl groups excluding tert-OH is 1. The highest BCUT2D eigenvalue weighted by Crippen LogP contribution is 2.24. The van der Waals surface area contributed by atoms with Crippen LogP contribution in [0.5, 0.6) is 0 Å². The van der Waals surface area contributed by atoms with Crippen molar-refractivity contribution in [3.05, 3.63) is 28.0 Å². The van der Waals surface area contributed by atoms with Gasteiger partial charge in [-0.1, -0.05) is 0 Å². The Morgan fingerprint density at radius 1 is 1.62 bits per heavy atom. The molecule has 1 rings (SSSR count). The summed E-state index contributed by atoms with van der Waals surface area (Å²) in [5.74, 6) is -0.406. The second-order valence-corrected chi connectivity index (χ2v) is 4.28. The van der Waals surface area contributed by atoms with E-state index in [1.54, 1.807) is 0 Å². The molecule has 0 fully saturated rings. The molecule has 0 radical (unpaired) electrons. The van der Waals surface area contributed by atoms with Crippen molar-refractivity contribution in [3.63, 3.8) is 0 Å². The first-order valence-electron chi connectivity index (χ1n) is 4.45. The van der Waals surface area contributed by atoms with Gasteiger partial charge in [0.25, 0.3) is 0 Å². The molecule has 0 aliphatic carbocycles. The van der Waals surface area contributed by atoms with E-state index in [0.717, 1.165) is 6.07 Å². The molecule has 0 heterocycles. The summed E-state index contributed by atoms with van der Waals surface area (Å²) in [6.07, 6.45) is -0.711. The zero-order chi connectivity index (χ0) is 12.1. The summed E-state index contributed by atoms with van der Waals surface area (Å²) in [6, 6.07) is 4.45. The molecule has 1 aromatic carbocycles. The Kier molecular flexibility index (Phi) is 5.00. The Hall–Kier alpha value is -0.830. The van der Waals surface area contributed by atoms with Crippen LogP contribution in [0.15, 0.2) is 16.6 Å². The molecule has 0 aliphatic heterocycles. The average molecular weight is 308 g/mol. The predicted octanol–water partition coefficient (Wildman–Crippen LogP) is 2.47. The van der Waals surface area contributed by atoms with Crippen molar-refractivity contribution in [3.8, 4) is 6.07 Å². The SMILES string of the molecule is N#Cc1cc(F)c(Br)cc1NCC(O)CCl. The van der Waals surface area contributed by atoms with Crippen molar-refractivity contribution in [1.82, 2.24) is 0 Å². The smallest absolute Gasteiger partial charge is 0.138 e. The number of nitrogens with zero attached hydrogens (tertiary/aromatic N) is 1. The normalized spacial score (nSPS) is 11.9. The van der Waals surface area contributed by atoms with Crippen LogP contribution >= 0.6 is 27.5 Å². The second-order valence-electron chi connectivity index (χ2n) is 3.11. The standard InChI is InChI=1S/C10H9BrClFN2O/c11-8-2-10(15-5-7(16)3-12)6(4-14)1-9(8)13/h1-2,7,15-16H,3,5H2. The Balaban J connectivity index is 2.87. The molecule has 1 atom stereocenters. The van der Waals surface area contributed by atoms with Gasteiger partial charge in [-0.25, -0.2) is 4.39 Å². The van der Waals surface area contributed by atoms with E-state index >= 15 is 0 Å². The summed E-state index contributed by atoms with van der Waals surface area (Å²) in [5, 5.41) is 20.9. The van der Waals surface area contributed by atoms with Crippen molar-refractivity contribution < 1.29 is 9.50 Å². The molecule has 3 nitrogen and oxygen atoms in total. The molecule has 16 heavy (non-hydrogen) atoms. The molecule has 0 bridgehead atoms. The molecule has 0 saturated heterocycles. The largest absolute Gasteiger partial charge is 0.390 e. The van der Waals surface area contributed by atoms with E-state index < -0.39 is 11.9 Å². The summed E-state index contributed by atoms with van der Waals surface area (Å²) in [4.78, 5) is 0. The first-order valence-corrected chi connectivity index (χ1v) is 5.78. The van der Waals surface area contributed by atoms with Gasteiger partial charge in [0.2, 0.25) is 0 Å². The van der Waals surface area contributed by atoms with E-state index in [-0.39, 0.29) is 22.5 Å². The topological polar surface area (TPSA) is 56.0 Å². The van der Waals surface area contributed by atoms with Gasteiger partial charge in [-0.2, -0.15) is 5.26 Å². The van der Waals surface area contributed by atoms with Crippen LogP contribution in [0.1, 0.15) is 5.56 Å². The summed E-state index contributed by atoms with van der Waals surface area (Å²) < 4.78 is 13.4. The Morgan fingerprint density at radius 3 is 2.88 bits per heavy atom. The fourth-order valence-corrected chi connectivity index (χ4v) is 1.52. The zero-order valence-electron chi connectivity index (χ0n) is 8.17. The predicted molar refractivity (Wildman–Crippen MR) is 64.0 cm³/mol. The number of aliphatic hydroxyl groups is 1. The van der Waals surface area contributed by atoms with Crippen LogP contribution in [0, 0.1) is 17.1 Å². The second kappa shape index (κ2) is 6.04. The monoisotopic (exact) mass is 306 g/mol. The molecule has 0 amide bonds. The van der Waals surface area contributed by atoms with Gasteiger partial charge < -0.3 is 10.4 Å². The first-order chi connectivity index (χ1) is 7.58. The van der Waals surface area contributed by atoms with E-state index in [9.17, 15) is 9.50 Å². The maximum atomic E-state index is 13.1. The van der Waals surface area contributed by atoms with Crippen LogP contribution in [0.4, 0.5) is 10.1 Å². The highest BCUT2D eigenvalue weighted by molar-refractivity contribution is 9.10. The fraction of sp³-hybridized carbons (Fsp3) is 0.300. The summed E-state index contributed by atoms with van der Waals surface area (Å²) in [6.45, 7) is 0.205. The number of hydrogen-bond acceptors (Lipinski definition) is 3. The summed E-state index contributed by atoms with van der Waals surface area (Å²) >= 11 is 8.44. The van der Waals surface area contributed by atoms with Gasteiger partial charge in [0.05, 0.1) is 27.7 Å². The molecule has 86 valence electrons. The fourth-order valence-electron chi connectivity index (χ4n) is 1.07. The minimum absolute atomic E-state index is 0.0945. The van der Waals surface area contributed by atoms with Gasteiger partial charge in [0, 0.05) is 6.54 Å². The van der Waals surface area contributed by atoms with Crippen LogP contribution in [-0.2, 0) is 0 Å². The van der Waals surface area contributed by atoms with E-state index in [4.69, 9.17) is 16.9 Å². The third-order valence-electron chi connectivity index (χ3n) is 1.89. The third kappa shape index (κ3) is 3.34. The van der Waals surface area contributed by atoms with Gasteiger partial charge in [-0.3, -0.25) is 0 Å². The van der Waals surface area contributed by atoms with E-state index in [1.165, 1.54) is 6.07 Å². The molecular formula is C10H9BrClFN2O. The summed E-state index contributed by atoms with van der Waals surface area (Å²) in [5.41, 5.74) is 0.641. The molecule has 0 saturated carbocycles. The lowest BCUT2D eigenvalue weighted by atomic mass is 10.2. The van der Waals surface area contributed by atoms with Crippen molar-refractivity contribution in [1.29, 1.82) is 5.26 Å². The van der Waals surface area contributed by atoms with Crippen LogP contribution in [0.3, 0.4) is 0 Å². The van der Waals surface area contributed by atoms with Crippen LogP contribution in [0.2, 0.25) is 0 Å². The maximum Gasteiger partial charge on any atom is 0.138 e. The number of nitrogens with one attached hydrogen (secondary N) is 1. The highest BCUT2D eigenvalue weighted by Gasteiger charge is 2.09. The Bertz CT molecular complexity index is 422. The van der Waals surface area contributed by atoms with Crippen LogP contribution in [0.25, 0.3) is 0 Å².